The molecule has 1 aliphatic carbocycles. The van der Waals surface area contributed by atoms with Gasteiger partial charge in [-0.1, -0.05) is 17.7 Å². The molecule has 2 aromatic heterocycles. The second kappa shape index (κ2) is 13.2. The zero-order valence-corrected chi connectivity index (χ0v) is 23.8. The van der Waals surface area contributed by atoms with Crippen molar-refractivity contribution in [1.82, 2.24) is 15.3 Å². The summed E-state index contributed by atoms with van der Waals surface area (Å²) in [4.78, 5) is 24.0. The molecule has 3 atom stereocenters. The Balaban J connectivity index is 1.50. The zero-order chi connectivity index (χ0) is 26.4. The minimum absolute atomic E-state index is 0.0604. The summed E-state index contributed by atoms with van der Waals surface area (Å²) in [7, 11) is 1.95. The summed E-state index contributed by atoms with van der Waals surface area (Å²) in [6, 6.07) is 8.30. The number of halogens is 1. The Morgan fingerprint density at radius 2 is 2.14 bits per heavy atom. The van der Waals surface area contributed by atoms with Gasteiger partial charge in [0.1, 0.15) is 12.1 Å². The maximum atomic E-state index is 13.6. The maximum Gasteiger partial charge on any atom is 0.208 e. The average Bonchev–Trinajstić information content (AvgIpc) is 3.50. The Hall–Kier alpha value is -2.01. The van der Waals surface area contributed by atoms with Crippen molar-refractivity contribution < 1.29 is 8.98 Å². The molecule has 0 spiro atoms. The highest BCUT2D eigenvalue weighted by atomic mass is 35.5. The lowest BCUT2D eigenvalue weighted by molar-refractivity contribution is 0.104. The molecule has 4 N–H and O–H groups in total. The van der Waals surface area contributed by atoms with Gasteiger partial charge >= 0.3 is 0 Å². The second-order valence-corrected chi connectivity index (χ2v) is 11.6. The third-order valence-corrected chi connectivity index (χ3v) is 8.82. The van der Waals surface area contributed by atoms with Gasteiger partial charge in [0.05, 0.1) is 28.8 Å². The average molecular weight is 560 g/mol. The maximum absolute atomic E-state index is 13.6. The van der Waals surface area contributed by atoms with Crippen LogP contribution in [0.2, 0.25) is 5.02 Å². The van der Waals surface area contributed by atoms with Crippen molar-refractivity contribution in [2.24, 2.45) is 11.1 Å². The number of rotatable bonds is 12. The van der Waals surface area contributed by atoms with Crippen LogP contribution in [0, 0.1) is 12.8 Å². The molecule has 7 nitrogen and oxygen atoms in total. The first kappa shape index (κ1) is 28.0. The van der Waals surface area contributed by atoms with E-state index < -0.39 is 0 Å². The van der Waals surface area contributed by atoms with Crippen molar-refractivity contribution in [3.63, 3.8) is 0 Å². The van der Waals surface area contributed by atoms with Crippen LogP contribution in [0.25, 0.3) is 0 Å². The van der Waals surface area contributed by atoms with E-state index in [1.807, 2.05) is 25.2 Å². The first-order valence-electron chi connectivity index (χ1n) is 12.5. The van der Waals surface area contributed by atoms with Crippen molar-refractivity contribution in [2.45, 2.75) is 58.1 Å². The third-order valence-electron chi connectivity index (χ3n) is 7.08. The monoisotopic (exact) mass is 559 g/mol. The first-order valence-corrected chi connectivity index (χ1v) is 14.5. The van der Waals surface area contributed by atoms with Gasteiger partial charge in [-0.25, -0.2) is 9.97 Å². The summed E-state index contributed by atoms with van der Waals surface area (Å²) in [5.41, 5.74) is 4.09. The molecule has 0 radical (unpaired) electrons. The van der Waals surface area contributed by atoms with Gasteiger partial charge in [0, 0.05) is 22.1 Å². The number of hydrogen-bond acceptors (Lipinski definition) is 9. The van der Waals surface area contributed by atoms with Gasteiger partial charge in [0.25, 0.3) is 0 Å². The molecule has 10 heteroatoms. The van der Waals surface area contributed by atoms with Gasteiger partial charge in [0.15, 0.2) is 0 Å². The largest absolute Gasteiger partial charge is 0.367 e. The molecule has 1 aromatic carbocycles. The first-order chi connectivity index (χ1) is 17.9. The van der Waals surface area contributed by atoms with E-state index in [1.54, 1.807) is 6.20 Å². The summed E-state index contributed by atoms with van der Waals surface area (Å²) in [5.74, 6) is 0.945. The molecule has 3 aromatic rings. The van der Waals surface area contributed by atoms with E-state index in [2.05, 4.69) is 40.5 Å². The molecule has 198 valence electrons. The standard InChI is InChI=1S/C27H34ClN5O2S2/c1-16(35-37-29)19-5-7-23(12-19)33-27-24(14-31-15-32-27)26(34)25-13-20(17(2)36-25)10-21-11-22(28)6-4-18(21)8-9-30-3/h4,6,11,13-16,19,23,30H,5,7-10,12,29H2,1-3H3,(H,31,32,33). The van der Waals surface area contributed by atoms with Gasteiger partial charge in [-0.2, -0.15) is 0 Å². The molecule has 37 heavy (non-hydrogen) atoms. The third kappa shape index (κ3) is 7.10. The zero-order valence-electron chi connectivity index (χ0n) is 21.4. The topological polar surface area (TPSA) is 102 Å². The van der Waals surface area contributed by atoms with E-state index >= 15 is 0 Å². The SMILES string of the molecule is CNCCc1ccc(Cl)cc1Cc1cc(C(=O)c2cncnc2NC2CCC(C(C)OSN)C2)sc1C. The van der Waals surface area contributed by atoms with Crippen LogP contribution in [0.4, 0.5) is 5.82 Å². The molecule has 3 unspecified atom stereocenters. The Kier molecular flexibility index (Phi) is 9.97. The number of ketones is 1. The van der Waals surface area contributed by atoms with E-state index in [1.165, 1.54) is 28.8 Å². The van der Waals surface area contributed by atoms with Crippen molar-refractivity contribution in [2.75, 3.05) is 18.9 Å². The smallest absolute Gasteiger partial charge is 0.208 e. The summed E-state index contributed by atoms with van der Waals surface area (Å²) in [6.45, 7) is 5.01. The molecular formula is C27H34ClN5O2S2. The van der Waals surface area contributed by atoms with Crippen molar-refractivity contribution >= 4 is 46.8 Å². The summed E-state index contributed by atoms with van der Waals surface area (Å²) in [5, 5.41) is 12.9. The van der Waals surface area contributed by atoms with E-state index in [-0.39, 0.29) is 17.9 Å². The number of carbonyl (C=O) groups excluding carboxylic acids is 1. The molecule has 0 saturated heterocycles. The van der Waals surface area contributed by atoms with E-state index in [9.17, 15) is 4.79 Å². The molecule has 1 fully saturated rings. The highest BCUT2D eigenvalue weighted by Crippen LogP contribution is 2.34. The van der Waals surface area contributed by atoms with Crippen molar-refractivity contribution in [3.8, 4) is 0 Å². The van der Waals surface area contributed by atoms with Crippen LogP contribution in [-0.2, 0) is 17.0 Å². The van der Waals surface area contributed by atoms with Gasteiger partial charge in [-0.05, 0) is 100 Å². The van der Waals surface area contributed by atoms with Gasteiger partial charge in [-0.3, -0.25) is 14.1 Å². The fourth-order valence-corrected chi connectivity index (χ4v) is 6.47. The van der Waals surface area contributed by atoms with E-state index in [0.717, 1.165) is 66.3 Å². The Morgan fingerprint density at radius 1 is 1.30 bits per heavy atom. The van der Waals surface area contributed by atoms with E-state index in [0.29, 0.717) is 22.2 Å². The predicted molar refractivity (Wildman–Crippen MR) is 153 cm³/mol. The number of benzene rings is 1. The highest BCUT2D eigenvalue weighted by molar-refractivity contribution is 7.92. The Bertz CT molecular complexity index is 1220. The number of aryl methyl sites for hydroxylation is 1. The van der Waals surface area contributed by atoms with Crippen molar-refractivity contribution in [3.05, 3.63) is 73.8 Å². The number of nitrogens with one attached hydrogen (secondary N) is 2. The normalized spacial score (nSPS) is 18.2. The summed E-state index contributed by atoms with van der Waals surface area (Å²) in [6.07, 6.45) is 7.81. The molecule has 2 heterocycles. The number of likely N-dealkylation sites (N-methyl/N-ethyl adjacent to an activating group) is 1. The van der Waals surface area contributed by atoms with Gasteiger partial charge in [0.2, 0.25) is 5.78 Å². The van der Waals surface area contributed by atoms with Gasteiger partial charge < -0.3 is 10.6 Å². The highest BCUT2D eigenvalue weighted by Gasteiger charge is 2.30. The number of aromatic nitrogens is 2. The summed E-state index contributed by atoms with van der Waals surface area (Å²) < 4.78 is 5.51. The van der Waals surface area contributed by atoms with Crippen molar-refractivity contribution in [1.29, 1.82) is 0 Å². The van der Waals surface area contributed by atoms with Crippen LogP contribution in [-0.4, -0.2) is 41.5 Å². The number of thiophene rings is 1. The number of hydrogen-bond donors (Lipinski definition) is 3. The lowest BCUT2D eigenvalue weighted by atomic mass is 9.97. The quantitative estimate of drug-likeness (QED) is 0.150. The summed E-state index contributed by atoms with van der Waals surface area (Å²) >= 11 is 8.76. The van der Waals surface area contributed by atoms with E-state index in [4.69, 9.17) is 20.9 Å². The van der Waals surface area contributed by atoms with Gasteiger partial charge in [-0.15, -0.1) is 11.3 Å². The number of anilines is 1. The van der Waals surface area contributed by atoms with Crippen LogP contribution in [0.5, 0.6) is 0 Å². The molecule has 0 aliphatic heterocycles. The predicted octanol–water partition coefficient (Wildman–Crippen LogP) is 5.59. The Labute approximate surface area is 232 Å². The number of nitrogens with zero attached hydrogens (tertiary/aromatic N) is 2. The minimum Gasteiger partial charge on any atom is -0.367 e. The minimum atomic E-state index is -0.0604. The molecule has 0 bridgehead atoms. The lowest BCUT2D eigenvalue weighted by Crippen LogP contribution is -2.22. The molecule has 1 saturated carbocycles. The number of carbonyl (C=O) groups is 1. The van der Waals surface area contributed by atoms with Crippen LogP contribution >= 0.6 is 35.2 Å². The fourth-order valence-electron chi connectivity index (χ4n) is 4.95. The van der Waals surface area contributed by atoms with Crippen LogP contribution in [0.3, 0.4) is 0 Å². The molecule has 0 amide bonds. The van der Waals surface area contributed by atoms with Crippen LogP contribution in [0.15, 0.2) is 36.8 Å². The molecule has 1 aliphatic rings. The molecule has 4 rings (SSSR count). The Morgan fingerprint density at radius 3 is 2.92 bits per heavy atom. The van der Waals surface area contributed by atoms with Crippen LogP contribution < -0.4 is 15.8 Å². The van der Waals surface area contributed by atoms with Crippen LogP contribution in [0.1, 0.15) is 63.0 Å². The second-order valence-electron chi connectivity index (χ2n) is 9.56. The number of nitrogens with two attached hydrogens (primary N) is 1. The lowest BCUT2D eigenvalue weighted by Gasteiger charge is -2.19. The molecular weight excluding hydrogens is 526 g/mol. The fraction of sp³-hybridized carbons (Fsp3) is 0.444.